The number of fused-ring (bicyclic) bond motifs is 4. The van der Waals surface area contributed by atoms with Gasteiger partial charge in [-0.3, -0.25) is 4.90 Å². The van der Waals surface area contributed by atoms with E-state index < -0.39 is 28.9 Å². The van der Waals surface area contributed by atoms with Gasteiger partial charge in [-0.05, 0) is 86.2 Å². The molecule has 238 valence electrons. The van der Waals surface area contributed by atoms with Crippen molar-refractivity contribution in [2.45, 2.75) is 56.3 Å². The summed E-state index contributed by atoms with van der Waals surface area (Å²) in [6.45, 7) is 4.55. The van der Waals surface area contributed by atoms with Gasteiger partial charge >= 0.3 is 6.01 Å². The van der Waals surface area contributed by atoms with Crippen LogP contribution < -0.4 is 9.64 Å². The monoisotopic (exact) mass is 628 g/mol. The van der Waals surface area contributed by atoms with Crippen LogP contribution in [0.25, 0.3) is 32.8 Å². The van der Waals surface area contributed by atoms with Gasteiger partial charge in [-0.15, -0.1) is 6.42 Å². The van der Waals surface area contributed by atoms with Gasteiger partial charge in [0.05, 0.1) is 16.7 Å². The minimum absolute atomic E-state index is 0.00210. The molecule has 4 aromatic rings. The molecular weight excluding hydrogens is 593 g/mol. The fourth-order valence-corrected chi connectivity index (χ4v) is 8.85. The molecule has 3 saturated heterocycles. The predicted molar refractivity (Wildman–Crippen MR) is 170 cm³/mol. The number of terminal acetylenes is 1. The van der Waals surface area contributed by atoms with Crippen LogP contribution in [0.1, 0.15) is 44.6 Å². The second kappa shape index (κ2) is 10.5. The summed E-state index contributed by atoms with van der Waals surface area (Å²) in [5, 5.41) is 22.5. The zero-order valence-corrected chi connectivity index (χ0v) is 25.6. The average molecular weight is 629 g/mol. The fraction of sp³-hybridized carbons (Fsp3) is 0.444. The molecule has 7 nitrogen and oxygen atoms in total. The lowest BCUT2D eigenvalue weighted by atomic mass is 9.93. The normalized spacial score (nSPS) is 29.0. The maximum absolute atomic E-state index is 16.9. The lowest BCUT2D eigenvalue weighted by molar-refractivity contribution is 0.0601. The molecule has 4 aliphatic rings. The number of phenols is 1. The molecular formula is C36H35F3N4O3. The highest BCUT2D eigenvalue weighted by Gasteiger charge is 2.50. The van der Waals surface area contributed by atoms with E-state index in [1.807, 2.05) is 6.92 Å². The number of rotatable bonds is 5. The molecule has 1 aromatic heterocycles. The van der Waals surface area contributed by atoms with Crippen molar-refractivity contribution in [1.29, 1.82) is 0 Å². The first-order chi connectivity index (χ1) is 22.0. The molecule has 10 heteroatoms. The third kappa shape index (κ3) is 4.66. The Bertz CT molecular complexity index is 1930. The predicted octanol–water partition coefficient (Wildman–Crippen LogP) is 5.97. The third-order valence-corrected chi connectivity index (χ3v) is 10.8. The number of aliphatic hydroxyl groups is 1. The molecule has 0 radical (unpaired) electrons. The van der Waals surface area contributed by atoms with Crippen molar-refractivity contribution in [3.05, 3.63) is 53.6 Å². The summed E-state index contributed by atoms with van der Waals surface area (Å²) >= 11 is 0. The van der Waals surface area contributed by atoms with E-state index in [0.29, 0.717) is 60.9 Å². The summed E-state index contributed by atoms with van der Waals surface area (Å²) in [5.74, 6) is 2.05. The first kappa shape index (κ1) is 29.3. The number of ether oxygens (including phenoxy) is 1. The number of anilines is 1. The van der Waals surface area contributed by atoms with E-state index in [2.05, 4.69) is 20.7 Å². The van der Waals surface area contributed by atoms with Gasteiger partial charge in [0.1, 0.15) is 35.7 Å². The van der Waals surface area contributed by atoms with Gasteiger partial charge in [0.2, 0.25) is 0 Å². The number of hydrogen-bond donors (Lipinski definition) is 2. The Morgan fingerprint density at radius 2 is 1.83 bits per heavy atom. The third-order valence-electron chi connectivity index (χ3n) is 10.8. The van der Waals surface area contributed by atoms with Crippen LogP contribution in [0.15, 0.2) is 36.4 Å². The minimum atomic E-state index is -0.923. The summed E-state index contributed by atoms with van der Waals surface area (Å²) in [4.78, 5) is 13.7. The molecule has 0 spiro atoms. The molecule has 4 fully saturated rings. The first-order valence-electron chi connectivity index (χ1n) is 16.0. The summed E-state index contributed by atoms with van der Waals surface area (Å²) in [7, 11) is 0. The molecule has 2 N–H and O–H groups in total. The van der Waals surface area contributed by atoms with E-state index >= 15 is 4.39 Å². The van der Waals surface area contributed by atoms with Crippen molar-refractivity contribution in [3.63, 3.8) is 0 Å². The van der Waals surface area contributed by atoms with Crippen molar-refractivity contribution in [2.24, 2.45) is 11.8 Å². The fourth-order valence-electron chi connectivity index (χ4n) is 8.85. The van der Waals surface area contributed by atoms with Crippen molar-refractivity contribution < 1.29 is 28.1 Å². The van der Waals surface area contributed by atoms with Crippen LogP contribution in [-0.4, -0.2) is 75.2 Å². The zero-order valence-electron chi connectivity index (χ0n) is 25.6. The molecule has 46 heavy (non-hydrogen) atoms. The molecule has 3 aromatic carbocycles. The highest BCUT2D eigenvalue weighted by Crippen LogP contribution is 2.47. The number of halogens is 3. The van der Waals surface area contributed by atoms with Crippen LogP contribution in [-0.2, 0) is 0 Å². The van der Waals surface area contributed by atoms with Crippen LogP contribution in [0.4, 0.5) is 19.0 Å². The van der Waals surface area contributed by atoms with Gasteiger partial charge in [-0.25, -0.2) is 13.2 Å². The smallest absolute Gasteiger partial charge is 0.319 e. The molecule has 4 heterocycles. The van der Waals surface area contributed by atoms with Crippen molar-refractivity contribution >= 4 is 27.5 Å². The van der Waals surface area contributed by atoms with Crippen LogP contribution in [0, 0.1) is 35.8 Å². The molecule has 1 saturated carbocycles. The molecule has 0 bridgehead atoms. The Labute approximate surface area is 265 Å². The number of hydrogen-bond acceptors (Lipinski definition) is 7. The van der Waals surface area contributed by atoms with Gasteiger partial charge in [0.15, 0.2) is 5.82 Å². The van der Waals surface area contributed by atoms with Crippen molar-refractivity contribution in [3.8, 4) is 35.2 Å². The Hall–Kier alpha value is -4.07. The van der Waals surface area contributed by atoms with E-state index in [4.69, 9.17) is 16.1 Å². The molecule has 1 aliphatic carbocycles. The van der Waals surface area contributed by atoms with Crippen molar-refractivity contribution in [1.82, 2.24) is 14.9 Å². The number of alkyl halides is 1. The maximum atomic E-state index is 16.9. The van der Waals surface area contributed by atoms with Crippen LogP contribution in [0.2, 0.25) is 0 Å². The average Bonchev–Trinajstić information content (AvgIpc) is 3.73. The topological polar surface area (TPSA) is 82.0 Å². The molecule has 3 aliphatic heterocycles. The quantitative estimate of drug-likeness (QED) is 0.264. The summed E-state index contributed by atoms with van der Waals surface area (Å²) in [6.07, 6.45) is 8.27. The van der Waals surface area contributed by atoms with E-state index in [1.165, 1.54) is 24.3 Å². The van der Waals surface area contributed by atoms with Crippen molar-refractivity contribution in [2.75, 3.05) is 37.7 Å². The van der Waals surface area contributed by atoms with Gasteiger partial charge in [-0.1, -0.05) is 18.1 Å². The van der Waals surface area contributed by atoms with Crippen LogP contribution in [0.5, 0.6) is 11.8 Å². The van der Waals surface area contributed by atoms with E-state index in [0.717, 1.165) is 19.4 Å². The van der Waals surface area contributed by atoms with Gasteiger partial charge in [0, 0.05) is 42.4 Å². The Morgan fingerprint density at radius 3 is 2.59 bits per heavy atom. The van der Waals surface area contributed by atoms with E-state index in [1.54, 1.807) is 12.1 Å². The molecule has 5 atom stereocenters. The standard InChI is InChI=1S/C36H35F3N4O3/c1-3-25-29(38)8-5-20-11-24(44)12-28(30(20)25)26-6-7-27-32(31(26)39)40-34(46-19-36-9-4-10-43(36)18-23(37)15-36)41-33(27)42-16-21-13-35(2,45)14-22(21)17-42/h1,5-8,11-12,21-23,44-45H,4,9-10,13-19H2,2H3/t21-,22+,23-,35+,36+/m1/s1. The maximum Gasteiger partial charge on any atom is 0.319 e. The van der Waals surface area contributed by atoms with Gasteiger partial charge < -0.3 is 19.8 Å². The zero-order chi connectivity index (χ0) is 32.0. The number of phenolic OH excluding ortho intramolecular Hbond substituents is 1. The highest BCUT2D eigenvalue weighted by molar-refractivity contribution is 6.04. The van der Waals surface area contributed by atoms with Gasteiger partial charge in [-0.2, -0.15) is 9.97 Å². The first-order valence-corrected chi connectivity index (χ1v) is 16.0. The minimum Gasteiger partial charge on any atom is -0.508 e. The SMILES string of the molecule is C#Cc1c(F)ccc2cc(O)cc(-c3ccc4c(N5C[C@@H]6C[C@@](C)(O)C[C@@H]6C5)nc(OC[C@@]56CCCN5C[C@H](F)C6)nc4c3F)c12. The van der Waals surface area contributed by atoms with E-state index in [9.17, 15) is 19.0 Å². The number of aromatic nitrogens is 2. The number of benzene rings is 3. The molecule has 0 unspecified atom stereocenters. The van der Waals surface area contributed by atoms with Crippen LogP contribution in [0.3, 0.4) is 0 Å². The lowest BCUT2D eigenvalue weighted by Crippen LogP contribution is -2.43. The summed E-state index contributed by atoms with van der Waals surface area (Å²) < 4.78 is 52.4. The summed E-state index contributed by atoms with van der Waals surface area (Å²) in [6, 6.07) is 8.89. The Kier molecular flexibility index (Phi) is 6.68. The second-order valence-electron chi connectivity index (χ2n) is 14.0. The summed E-state index contributed by atoms with van der Waals surface area (Å²) in [5.41, 5.74) is -0.813. The second-order valence-corrected chi connectivity index (χ2v) is 14.0. The molecule has 8 rings (SSSR count). The Morgan fingerprint density at radius 1 is 1.04 bits per heavy atom. The number of nitrogens with zero attached hydrogens (tertiary/aromatic N) is 4. The molecule has 0 amide bonds. The number of aromatic hydroxyl groups is 1. The highest BCUT2D eigenvalue weighted by atomic mass is 19.1. The lowest BCUT2D eigenvalue weighted by Gasteiger charge is -2.31. The van der Waals surface area contributed by atoms with E-state index in [-0.39, 0.29) is 52.4 Å². The Balaban J connectivity index is 1.26. The van der Waals surface area contributed by atoms with Crippen LogP contribution >= 0.6 is 0 Å². The van der Waals surface area contributed by atoms with Gasteiger partial charge in [0.25, 0.3) is 0 Å². The largest absolute Gasteiger partial charge is 0.508 e.